The van der Waals surface area contributed by atoms with Gasteiger partial charge in [0.1, 0.15) is 11.8 Å². The van der Waals surface area contributed by atoms with E-state index in [4.69, 9.17) is 23.2 Å². The molecule has 10 heteroatoms. The van der Waals surface area contributed by atoms with Crippen molar-refractivity contribution in [3.63, 3.8) is 0 Å². The molecule has 0 saturated carbocycles. The third-order valence-electron chi connectivity index (χ3n) is 4.59. The van der Waals surface area contributed by atoms with Crippen LogP contribution in [-0.4, -0.2) is 37.9 Å². The van der Waals surface area contributed by atoms with Gasteiger partial charge in [0.15, 0.2) is 0 Å². The summed E-state index contributed by atoms with van der Waals surface area (Å²) in [7, 11) is 1.46. The van der Waals surface area contributed by atoms with Gasteiger partial charge in [0, 0.05) is 13.5 Å². The summed E-state index contributed by atoms with van der Waals surface area (Å²) < 4.78 is 1.10. The number of carboxylic acid groups (broad SMARTS) is 1. The maximum Gasteiger partial charge on any atom is 0.326 e. The average Bonchev–Trinajstić information content (AvgIpc) is 2.71. The summed E-state index contributed by atoms with van der Waals surface area (Å²) >= 11 is 12.0. The number of nitrogens with one attached hydrogen (secondary N) is 1. The average molecular weight is 462 g/mol. The van der Waals surface area contributed by atoms with Crippen LogP contribution < -0.4 is 10.9 Å². The van der Waals surface area contributed by atoms with Crippen LogP contribution in [0.3, 0.4) is 0 Å². The fourth-order valence-corrected chi connectivity index (χ4v) is 3.56. The summed E-state index contributed by atoms with van der Waals surface area (Å²) in [6.45, 7) is 0. The first-order valence-corrected chi connectivity index (χ1v) is 9.77. The molecule has 3 N–H and O–H groups in total. The lowest BCUT2D eigenvalue weighted by molar-refractivity contribution is -0.139. The van der Waals surface area contributed by atoms with E-state index in [2.05, 4.69) is 10.4 Å². The number of hydrogen-bond acceptors (Lipinski definition) is 5. The summed E-state index contributed by atoms with van der Waals surface area (Å²) in [5.74, 6) is -2.20. The maximum atomic E-state index is 12.5. The van der Waals surface area contributed by atoms with Crippen LogP contribution >= 0.6 is 23.2 Å². The minimum absolute atomic E-state index is 0.00330. The third kappa shape index (κ3) is 4.87. The smallest absolute Gasteiger partial charge is 0.326 e. The van der Waals surface area contributed by atoms with Crippen molar-refractivity contribution >= 4 is 35.1 Å². The number of halogens is 2. The van der Waals surface area contributed by atoms with Gasteiger partial charge in [0.05, 0.1) is 27.4 Å². The van der Waals surface area contributed by atoms with Gasteiger partial charge in [-0.15, -0.1) is 0 Å². The van der Waals surface area contributed by atoms with Crippen LogP contribution in [0.4, 0.5) is 0 Å². The second-order valence-electron chi connectivity index (χ2n) is 6.70. The number of carboxylic acids is 1. The van der Waals surface area contributed by atoms with Gasteiger partial charge in [0.25, 0.3) is 11.5 Å². The number of nitrogens with zero attached hydrogens (tertiary/aromatic N) is 2. The molecule has 0 bridgehead atoms. The molecule has 3 aromatic rings. The van der Waals surface area contributed by atoms with Crippen molar-refractivity contribution in [1.82, 2.24) is 15.1 Å². The number of aliphatic carboxylic acids is 1. The Morgan fingerprint density at radius 1 is 1.13 bits per heavy atom. The molecule has 1 amide bonds. The number of benzene rings is 2. The van der Waals surface area contributed by atoms with E-state index >= 15 is 0 Å². The van der Waals surface area contributed by atoms with Gasteiger partial charge in [0.2, 0.25) is 0 Å². The van der Waals surface area contributed by atoms with Gasteiger partial charge in [-0.1, -0.05) is 53.5 Å². The number of rotatable bonds is 6. The fourth-order valence-electron chi connectivity index (χ4n) is 2.99. The van der Waals surface area contributed by atoms with Crippen molar-refractivity contribution < 1.29 is 19.8 Å². The zero-order valence-electron chi connectivity index (χ0n) is 16.2. The predicted molar refractivity (Wildman–Crippen MR) is 116 cm³/mol. The quantitative estimate of drug-likeness (QED) is 0.518. The van der Waals surface area contributed by atoms with Crippen LogP contribution in [0.5, 0.6) is 5.75 Å². The van der Waals surface area contributed by atoms with E-state index in [1.54, 1.807) is 30.3 Å². The standard InChI is InChI=1S/C21H17Cl2N3O5/c1-26-20(29)17(16(27)10-24-26)12-7-5-11(6-8-12)9-15(21(30)31)25-19(28)18-13(22)3-2-4-14(18)23/h2-8,10,15,27H,9H2,1H3,(H,25,28)(H,30,31). The lowest BCUT2D eigenvalue weighted by Gasteiger charge is -2.16. The Morgan fingerprint density at radius 2 is 1.74 bits per heavy atom. The Morgan fingerprint density at radius 3 is 2.32 bits per heavy atom. The first kappa shape index (κ1) is 22.3. The summed E-state index contributed by atoms with van der Waals surface area (Å²) in [5.41, 5.74) is 0.645. The minimum Gasteiger partial charge on any atom is -0.505 e. The molecule has 0 fully saturated rings. The highest BCUT2D eigenvalue weighted by molar-refractivity contribution is 6.39. The fraction of sp³-hybridized carbons (Fsp3) is 0.143. The Bertz CT molecular complexity index is 1190. The van der Waals surface area contributed by atoms with E-state index in [1.165, 1.54) is 25.4 Å². The van der Waals surface area contributed by atoms with Gasteiger partial charge < -0.3 is 15.5 Å². The summed E-state index contributed by atoms with van der Waals surface area (Å²) in [4.78, 5) is 36.5. The maximum absolute atomic E-state index is 12.5. The first-order valence-electron chi connectivity index (χ1n) is 9.01. The van der Waals surface area contributed by atoms with Crippen molar-refractivity contribution in [1.29, 1.82) is 0 Å². The van der Waals surface area contributed by atoms with Crippen molar-refractivity contribution in [3.05, 3.63) is 80.2 Å². The van der Waals surface area contributed by atoms with E-state index in [-0.39, 0.29) is 33.3 Å². The van der Waals surface area contributed by atoms with Crippen molar-refractivity contribution in [2.24, 2.45) is 7.05 Å². The summed E-state index contributed by atoms with van der Waals surface area (Å²) in [6, 6.07) is 9.68. The highest BCUT2D eigenvalue weighted by Crippen LogP contribution is 2.26. The Labute approximate surface area is 186 Å². The molecule has 0 aliphatic carbocycles. The molecule has 8 nitrogen and oxygen atoms in total. The van der Waals surface area contributed by atoms with Crippen molar-refractivity contribution in [2.75, 3.05) is 0 Å². The summed E-state index contributed by atoms with van der Waals surface area (Å²) in [5, 5.41) is 25.9. The molecular weight excluding hydrogens is 445 g/mol. The number of aromatic hydroxyl groups is 1. The number of aryl methyl sites for hydroxylation is 1. The van der Waals surface area contributed by atoms with E-state index < -0.39 is 23.5 Å². The topological polar surface area (TPSA) is 122 Å². The van der Waals surface area contributed by atoms with Crippen LogP contribution in [0.15, 0.2) is 53.5 Å². The van der Waals surface area contributed by atoms with Crippen LogP contribution in [0.1, 0.15) is 15.9 Å². The second kappa shape index (κ2) is 9.20. The molecule has 2 aromatic carbocycles. The van der Waals surface area contributed by atoms with Crippen molar-refractivity contribution in [2.45, 2.75) is 12.5 Å². The molecular formula is C21H17Cl2N3O5. The largest absolute Gasteiger partial charge is 0.505 e. The van der Waals surface area contributed by atoms with Gasteiger partial charge in [-0.3, -0.25) is 9.59 Å². The van der Waals surface area contributed by atoms with E-state index in [9.17, 15) is 24.6 Å². The van der Waals surface area contributed by atoms with Gasteiger partial charge >= 0.3 is 5.97 Å². The number of carbonyl (C=O) groups is 2. The monoisotopic (exact) mass is 461 g/mol. The number of amides is 1. The molecule has 1 aromatic heterocycles. The van der Waals surface area contributed by atoms with Crippen LogP contribution in [-0.2, 0) is 18.3 Å². The lowest BCUT2D eigenvalue weighted by Crippen LogP contribution is -2.42. The molecule has 0 spiro atoms. The van der Waals surface area contributed by atoms with Gasteiger partial charge in [-0.05, 0) is 23.3 Å². The molecule has 31 heavy (non-hydrogen) atoms. The molecule has 3 rings (SSSR count). The molecule has 0 aliphatic heterocycles. The molecule has 1 atom stereocenters. The SMILES string of the molecule is Cn1ncc(O)c(-c2ccc(CC(NC(=O)c3c(Cl)cccc3Cl)C(=O)O)cc2)c1=O. The Balaban J connectivity index is 1.82. The van der Waals surface area contributed by atoms with Crippen LogP contribution in [0.25, 0.3) is 11.1 Å². The second-order valence-corrected chi connectivity index (χ2v) is 7.51. The zero-order chi connectivity index (χ0) is 22.7. The number of aromatic nitrogens is 2. The molecule has 0 aliphatic rings. The Hall–Kier alpha value is -3.36. The lowest BCUT2D eigenvalue weighted by atomic mass is 10.0. The minimum atomic E-state index is -1.24. The summed E-state index contributed by atoms with van der Waals surface area (Å²) in [6.07, 6.45) is 1.14. The van der Waals surface area contributed by atoms with E-state index in [0.29, 0.717) is 11.1 Å². The van der Waals surface area contributed by atoms with Gasteiger partial charge in [-0.25, -0.2) is 9.48 Å². The number of hydrogen-bond donors (Lipinski definition) is 3. The highest BCUT2D eigenvalue weighted by Gasteiger charge is 2.24. The van der Waals surface area contributed by atoms with E-state index in [0.717, 1.165) is 4.68 Å². The Kier molecular flexibility index (Phi) is 6.62. The van der Waals surface area contributed by atoms with Gasteiger partial charge in [-0.2, -0.15) is 5.10 Å². The normalized spacial score (nSPS) is 11.7. The van der Waals surface area contributed by atoms with Crippen LogP contribution in [0.2, 0.25) is 10.0 Å². The molecule has 0 radical (unpaired) electrons. The first-order chi connectivity index (χ1) is 14.7. The molecule has 0 saturated heterocycles. The molecule has 1 heterocycles. The molecule has 1 unspecified atom stereocenters. The molecule has 160 valence electrons. The zero-order valence-corrected chi connectivity index (χ0v) is 17.7. The third-order valence-corrected chi connectivity index (χ3v) is 5.22. The van der Waals surface area contributed by atoms with Crippen LogP contribution in [0, 0.1) is 0 Å². The highest BCUT2D eigenvalue weighted by atomic mass is 35.5. The number of carbonyl (C=O) groups excluding carboxylic acids is 1. The van der Waals surface area contributed by atoms with Crippen molar-refractivity contribution in [3.8, 4) is 16.9 Å². The van der Waals surface area contributed by atoms with E-state index in [1.807, 2.05) is 0 Å². The predicted octanol–water partition coefficient (Wildman–Crippen LogP) is 2.89.